The fraction of sp³-hybridized carbons (Fsp3) is 0.143. The van der Waals surface area contributed by atoms with E-state index in [1.165, 1.54) is 5.56 Å². The molecule has 4 heteroatoms. The summed E-state index contributed by atoms with van der Waals surface area (Å²) in [6.45, 7) is 2.08. The van der Waals surface area contributed by atoms with E-state index in [1.54, 1.807) is 0 Å². The Hall–Kier alpha value is 0.960. The molecule has 11 heavy (non-hydrogen) atoms. The topological polar surface area (TPSA) is 0 Å². The van der Waals surface area contributed by atoms with Crippen molar-refractivity contribution >= 4 is 43.6 Å². The van der Waals surface area contributed by atoms with Crippen molar-refractivity contribution in [1.29, 1.82) is 0 Å². The van der Waals surface area contributed by atoms with E-state index in [1.807, 2.05) is 18.2 Å². The van der Waals surface area contributed by atoms with Crippen molar-refractivity contribution in [3.05, 3.63) is 35.9 Å². The predicted molar refractivity (Wildman–Crippen MR) is 54.5 cm³/mol. The number of halogens is 3. The van der Waals surface area contributed by atoms with Gasteiger partial charge in [0, 0.05) is 0 Å². The predicted octanol–water partition coefficient (Wildman–Crippen LogP) is 3.68. The summed E-state index contributed by atoms with van der Waals surface area (Å²) in [6.07, 6.45) is 0. The first kappa shape index (κ1) is 12.0. The van der Waals surface area contributed by atoms with Crippen molar-refractivity contribution in [3.63, 3.8) is 0 Å². The summed E-state index contributed by atoms with van der Waals surface area (Å²) in [5.74, 6) is 0. The first-order valence-electron chi connectivity index (χ1n) is 3.07. The van der Waals surface area contributed by atoms with Gasteiger partial charge in [-0.2, -0.15) is 0 Å². The molecule has 0 aliphatic carbocycles. The van der Waals surface area contributed by atoms with E-state index < -0.39 is 17.9 Å². The van der Waals surface area contributed by atoms with E-state index in [0.717, 1.165) is 0 Å². The summed E-state index contributed by atoms with van der Waals surface area (Å²) in [6, 6.07) is 10.3. The average Bonchev–Trinajstić information content (AvgIpc) is 1.87. The number of benzene rings is 1. The zero-order valence-corrected chi connectivity index (χ0v) is 11.7. The van der Waals surface area contributed by atoms with E-state index in [-0.39, 0.29) is 0 Å². The molecular formula is C7H8Cl3In. The molecule has 1 rings (SSSR count). The fourth-order valence-electron chi connectivity index (χ4n) is 0.534. The molecule has 0 saturated carbocycles. The van der Waals surface area contributed by atoms with Crippen molar-refractivity contribution in [2.24, 2.45) is 0 Å². The molecule has 1 aromatic carbocycles. The average molecular weight is 313 g/mol. The third-order valence-corrected chi connectivity index (χ3v) is 0.940. The van der Waals surface area contributed by atoms with E-state index >= 15 is 0 Å². The van der Waals surface area contributed by atoms with Gasteiger partial charge in [-0.05, 0) is 6.92 Å². The Kier molecular flexibility index (Phi) is 8.26. The van der Waals surface area contributed by atoms with Crippen LogP contribution in [0.15, 0.2) is 30.3 Å². The molecule has 60 valence electrons. The molecule has 0 bridgehead atoms. The molecule has 1 aromatic rings. The van der Waals surface area contributed by atoms with E-state index in [2.05, 4.69) is 19.1 Å². The van der Waals surface area contributed by atoms with Gasteiger partial charge >= 0.3 is 43.6 Å². The van der Waals surface area contributed by atoms with Crippen LogP contribution in [0.25, 0.3) is 0 Å². The normalized spacial score (nSPS) is 8.00. The van der Waals surface area contributed by atoms with Crippen molar-refractivity contribution in [1.82, 2.24) is 0 Å². The quantitative estimate of drug-likeness (QED) is 0.685. The molecule has 0 spiro atoms. The van der Waals surface area contributed by atoms with Crippen LogP contribution in [-0.2, 0) is 0 Å². The third-order valence-electron chi connectivity index (χ3n) is 0.940. The Balaban J connectivity index is 0.000000218. The molecule has 0 aliphatic heterocycles. The van der Waals surface area contributed by atoms with E-state index in [4.69, 9.17) is 25.7 Å². The van der Waals surface area contributed by atoms with Gasteiger partial charge in [-0.1, -0.05) is 35.9 Å². The number of hydrogen-bond donors (Lipinski definition) is 0. The second-order valence-corrected chi connectivity index (χ2v) is 16.6. The summed E-state index contributed by atoms with van der Waals surface area (Å²) in [4.78, 5) is 0. The van der Waals surface area contributed by atoms with Crippen LogP contribution in [0.4, 0.5) is 0 Å². The summed E-state index contributed by atoms with van der Waals surface area (Å²) >= 11 is -2.22. The molecule has 0 saturated heterocycles. The molecule has 0 heterocycles. The van der Waals surface area contributed by atoms with Crippen molar-refractivity contribution in [2.75, 3.05) is 0 Å². The second-order valence-electron chi connectivity index (χ2n) is 1.90. The Morgan fingerprint density at radius 1 is 1.00 bits per heavy atom. The summed E-state index contributed by atoms with van der Waals surface area (Å²) in [5, 5.41) is 0. The van der Waals surface area contributed by atoms with Crippen LogP contribution >= 0.6 is 25.7 Å². The van der Waals surface area contributed by atoms with Crippen LogP contribution in [-0.4, -0.2) is 17.9 Å². The Morgan fingerprint density at radius 2 is 1.36 bits per heavy atom. The van der Waals surface area contributed by atoms with Gasteiger partial charge in [-0.25, -0.2) is 0 Å². The zero-order chi connectivity index (χ0) is 8.69. The Morgan fingerprint density at radius 3 is 1.55 bits per heavy atom. The number of hydrogen-bond acceptors (Lipinski definition) is 0. The maximum atomic E-state index is 5.02. The van der Waals surface area contributed by atoms with Crippen molar-refractivity contribution in [3.8, 4) is 0 Å². The van der Waals surface area contributed by atoms with Crippen LogP contribution < -0.4 is 0 Å². The van der Waals surface area contributed by atoms with Gasteiger partial charge in [0.25, 0.3) is 0 Å². The monoisotopic (exact) mass is 312 g/mol. The molecule has 0 aromatic heterocycles. The van der Waals surface area contributed by atoms with Gasteiger partial charge < -0.3 is 0 Å². The summed E-state index contributed by atoms with van der Waals surface area (Å²) in [7, 11) is 15.0. The summed E-state index contributed by atoms with van der Waals surface area (Å²) < 4.78 is 0. The van der Waals surface area contributed by atoms with Gasteiger partial charge in [0.1, 0.15) is 0 Å². The molecule has 0 amide bonds. The summed E-state index contributed by atoms with van der Waals surface area (Å²) in [5.41, 5.74) is 1.32. The van der Waals surface area contributed by atoms with Crippen molar-refractivity contribution in [2.45, 2.75) is 6.92 Å². The molecule has 0 nitrogen and oxygen atoms in total. The molecule has 0 atom stereocenters. The van der Waals surface area contributed by atoms with E-state index in [9.17, 15) is 0 Å². The SMILES string of the molecule is Cc1ccccc1.[Cl][In]([Cl])[Cl]. The van der Waals surface area contributed by atoms with Gasteiger partial charge in [0.15, 0.2) is 0 Å². The standard InChI is InChI=1S/C7H8.3ClH.In/c1-7-5-3-2-4-6-7;;;;/h2-6H,1H3;3*1H;/q;;;;+3/p-3. The Bertz CT molecular complexity index is 174. The Labute approximate surface area is 85.7 Å². The van der Waals surface area contributed by atoms with Crippen LogP contribution in [0, 0.1) is 6.92 Å². The molecule has 0 aliphatic rings. The molecule has 0 unspecified atom stereocenters. The van der Waals surface area contributed by atoms with Crippen LogP contribution in [0.3, 0.4) is 0 Å². The first-order chi connectivity index (χ1) is 5.13. The molecule has 0 N–H and O–H groups in total. The fourth-order valence-corrected chi connectivity index (χ4v) is 0.534. The van der Waals surface area contributed by atoms with Gasteiger partial charge in [-0.15, -0.1) is 0 Å². The zero-order valence-electron chi connectivity index (χ0n) is 6.10. The minimum atomic E-state index is -2.22. The number of rotatable bonds is 0. The second kappa shape index (κ2) is 7.60. The minimum absolute atomic E-state index is 1.32. The molecular weight excluding hydrogens is 305 g/mol. The maximum absolute atomic E-state index is 5.02. The molecule has 0 radical (unpaired) electrons. The van der Waals surface area contributed by atoms with Gasteiger partial charge in [0.2, 0.25) is 0 Å². The van der Waals surface area contributed by atoms with E-state index in [0.29, 0.717) is 0 Å². The van der Waals surface area contributed by atoms with Gasteiger partial charge in [-0.3, -0.25) is 0 Å². The van der Waals surface area contributed by atoms with Gasteiger partial charge in [0.05, 0.1) is 0 Å². The molecule has 0 fully saturated rings. The van der Waals surface area contributed by atoms with Crippen molar-refractivity contribution < 1.29 is 0 Å². The van der Waals surface area contributed by atoms with Crippen LogP contribution in [0.5, 0.6) is 0 Å². The van der Waals surface area contributed by atoms with Crippen LogP contribution in [0.1, 0.15) is 5.56 Å². The van der Waals surface area contributed by atoms with Crippen LogP contribution in [0.2, 0.25) is 0 Å². The first-order valence-corrected chi connectivity index (χ1v) is 15.6. The third kappa shape index (κ3) is 11.0. The number of aryl methyl sites for hydroxylation is 1.